The van der Waals surface area contributed by atoms with E-state index in [9.17, 15) is 17.6 Å². The van der Waals surface area contributed by atoms with E-state index in [2.05, 4.69) is 5.32 Å². The first-order chi connectivity index (χ1) is 10.3. The van der Waals surface area contributed by atoms with Gasteiger partial charge in [-0.05, 0) is 31.9 Å². The largest absolute Gasteiger partial charge is 0.352 e. The van der Waals surface area contributed by atoms with Crippen LogP contribution in [0.4, 0.5) is 4.39 Å². The maximum absolute atomic E-state index is 13.7. The lowest BCUT2D eigenvalue weighted by Crippen LogP contribution is -2.42. The molecule has 22 heavy (non-hydrogen) atoms. The second kappa shape index (κ2) is 6.96. The number of rotatable bonds is 5. The summed E-state index contributed by atoms with van der Waals surface area (Å²) in [6, 6.07) is 4.03. The van der Waals surface area contributed by atoms with E-state index in [0.717, 1.165) is 31.7 Å². The van der Waals surface area contributed by atoms with Crippen molar-refractivity contribution < 1.29 is 17.6 Å². The van der Waals surface area contributed by atoms with Gasteiger partial charge in [-0.2, -0.15) is 0 Å². The molecule has 1 aromatic rings. The number of carbonyl (C=O) groups is 1. The van der Waals surface area contributed by atoms with Gasteiger partial charge in [-0.3, -0.25) is 4.79 Å². The molecule has 122 valence electrons. The van der Waals surface area contributed by atoms with Gasteiger partial charge in [0.05, 0.1) is 5.75 Å². The van der Waals surface area contributed by atoms with E-state index in [1.807, 2.05) is 0 Å². The Kier molecular flexibility index (Phi) is 5.45. The molecule has 0 aromatic heterocycles. The summed E-state index contributed by atoms with van der Waals surface area (Å²) < 4.78 is 38.4. The minimum Gasteiger partial charge on any atom is -0.352 e. The van der Waals surface area contributed by atoms with Crippen LogP contribution in [-0.2, 0) is 20.4 Å². The topological polar surface area (TPSA) is 63.2 Å². The summed E-state index contributed by atoms with van der Waals surface area (Å²) in [4.78, 5) is 12.1. The molecule has 1 fully saturated rings. The van der Waals surface area contributed by atoms with E-state index in [-0.39, 0.29) is 16.6 Å². The van der Waals surface area contributed by atoms with Crippen molar-refractivity contribution in [2.75, 3.05) is 0 Å². The van der Waals surface area contributed by atoms with E-state index in [1.165, 1.54) is 19.1 Å². The third kappa shape index (κ3) is 3.98. The van der Waals surface area contributed by atoms with Gasteiger partial charge < -0.3 is 5.32 Å². The van der Waals surface area contributed by atoms with Gasteiger partial charge in [-0.15, -0.1) is 0 Å². The van der Waals surface area contributed by atoms with Crippen LogP contribution in [0.15, 0.2) is 18.2 Å². The monoisotopic (exact) mass is 347 g/mol. The molecule has 0 saturated heterocycles. The van der Waals surface area contributed by atoms with Gasteiger partial charge in [0, 0.05) is 16.6 Å². The first-order valence-corrected chi connectivity index (χ1v) is 9.35. The number of hydrogen-bond donors (Lipinski definition) is 1. The van der Waals surface area contributed by atoms with Gasteiger partial charge >= 0.3 is 0 Å². The lowest BCUT2D eigenvalue weighted by atomic mass is 10.2. The maximum Gasteiger partial charge on any atom is 0.238 e. The van der Waals surface area contributed by atoms with Gasteiger partial charge in [0.15, 0.2) is 9.84 Å². The molecule has 1 aromatic carbocycles. The van der Waals surface area contributed by atoms with E-state index < -0.39 is 32.6 Å². The highest BCUT2D eigenvalue weighted by molar-refractivity contribution is 7.92. The normalized spacial score (nSPS) is 17.4. The second-order valence-corrected chi connectivity index (χ2v) is 8.37. The maximum atomic E-state index is 13.7. The Labute approximate surface area is 135 Å². The molecule has 4 nitrogen and oxygen atoms in total. The van der Waals surface area contributed by atoms with Crippen LogP contribution < -0.4 is 5.32 Å². The third-order valence-corrected chi connectivity index (χ3v) is 6.35. The first kappa shape index (κ1) is 17.2. The third-order valence-electron chi connectivity index (χ3n) is 4.02. The average molecular weight is 348 g/mol. The fraction of sp³-hybridized carbons (Fsp3) is 0.533. The molecule has 0 unspecified atom stereocenters. The zero-order valence-corrected chi connectivity index (χ0v) is 13.9. The van der Waals surface area contributed by atoms with Crippen molar-refractivity contribution in [1.82, 2.24) is 5.32 Å². The van der Waals surface area contributed by atoms with Gasteiger partial charge in [0.2, 0.25) is 5.91 Å². The number of nitrogens with one attached hydrogen (secondary N) is 1. The number of amides is 1. The summed E-state index contributed by atoms with van der Waals surface area (Å²) in [6.45, 7) is 1.33. The highest BCUT2D eigenvalue weighted by Gasteiger charge is 2.31. The molecular formula is C15H19ClFNO3S. The quantitative estimate of drug-likeness (QED) is 0.890. The zero-order valence-electron chi connectivity index (χ0n) is 12.3. The van der Waals surface area contributed by atoms with Gasteiger partial charge in [-0.25, -0.2) is 12.8 Å². The van der Waals surface area contributed by atoms with E-state index >= 15 is 0 Å². The minimum atomic E-state index is -3.84. The van der Waals surface area contributed by atoms with Crippen molar-refractivity contribution >= 4 is 27.3 Å². The summed E-state index contributed by atoms with van der Waals surface area (Å²) in [5.74, 6) is -1.79. The van der Waals surface area contributed by atoms with Gasteiger partial charge in [0.1, 0.15) is 11.1 Å². The van der Waals surface area contributed by atoms with Crippen molar-refractivity contribution in [3.8, 4) is 0 Å². The van der Waals surface area contributed by atoms with E-state index in [1.54, 1.807) is 0 Å². The Morgan fingerprint density at radius 3 is 2.64 bits per heavy atom. The average Bonchev–Trinajstić information content (AvgIpc) is 2.95. The molecule has 0 heterocycles. The summed E-state index contributed by atoms with van der Waals surface area (Å²) >= 11 is 5.85. The van der Waals surface area contributed by atoms with Crippen LogP contribution in [0.25, 0.3) is 0 Å². The fourth-order valence-corrected chi connectivity index (χ4v) is 4.20. The number of benzene rings is 1. The summed E-state index contributed by atoms with van der Waals surface area (Å²) in [5, 5.41) is 1.57. The van der Waals surface area contributed by atoms with Crippen LogP contribution in [0, 0.1) is 5.82 Å². The van der Waals surface area contributed by atoms with Crippen LogP contribution in [0.5, 0.6) is 0 Å². The molecule has 1 amide bonds. The molecule has 1 N–H and O–H groups in total. The minimum absolute atomic E-state index is 0.0437. The number of carbonyl (C=O) groups excluding carboxylic acids is 1. The van der Waals surface area contributed by atoms with Crippen LogP contribution in [0.1, 0.15) is 38.2 Å². The lowest BCUT2D eigenvalue weighted by molar-refractivity contribution is -0.121. The summed E-state index contributed by atoms with van der Waals surface area (Å²) in [7, 11) is -3.84. The molecule has 0 spiro atoms. The van der Waals surface area contributed by atoms with Crippen LogP contribution in [0.3, 0.4) is 0 Å². The van der Waals surface area contributed by atoms with E-state index in [0.29, 0.717) is 0 Å². The van der Waals surface area contributed by atoms with Crippen molar-refractivity contribution in [1.29, 1.82) is 0 Å². The van der Waals surface area contributed by atoms with Crippen molar-refractivity contribution in [3.63, 3.8) is 0 Å². The Balaban J connectivity index is 2.10. The molecule has 1 atom stereocenters. The highest BCUT2D eigenvalue weighted by Crippen LogP contribution is 2.23. The number of hydrogen-bond acceptors (Lipinski definition) is 3. The molecule has 0 aliphatic heterocycles. The predicted molar refractivity (Wildman–Crippen MR) is 83.9 cm³/mol. The van der Waals surface area contributed by atoms with Crippen molar-refractivity contribution in [2.24, 2.45) is 0 Å². The predicted octanol–water partition coefficient (Wildman–Crippen LogP) is 2.84. The number of sulfone groups is 1. The smallest absolute Gasteiger partial charge is 0.238 e. The summed E-state index contributed by atoms with van der Waals surface area (Å²) in [5.41, 5.74) is -0.0929. The number of halogens is 2. The van der Waals surface area contributed by atoms with Crippen molar-refractivity contribution in [2.45, 2.75) is 49.7 Å². The SMILES string of the molecule is C[C@H](C(=O)NC1CCCC1)S(=O)(=O)Cc1c(F)cccc1Cl. The second-order valence-electron chi connectivity index (χ2n) is 5.64. The van der Waals surface area contributed by atoms with Crippen LogP contribution >= 0.6 is 11.6 Å². The molecule has 0 radical (unpaired) electrons. The molecule has 0 bridgehead atoms. The molecule has 1 aliphatic carbocycles. The Morgan fingerprint density at radius 1 is 1.41 bits per heavy atom. The van der Waals surface area contributed by atoms with Crippen molar-refractivity contribution in [3.05, 3.63) is 34.6 Å². The molecule has 2 rings (SSSR count). The van der Waals surface area contributed by atoms with E-state index in [4.69, 9.17) is 11.6 Å². The highest BCUT2D eigenvalue weighted by atomic mass is 35.5. The Morgan fingerprint density at radius 2 is 2.05 bits per heavy atom. The standard InChI is InChI=1S/C15H19ClFNO3S/c1-10(15(19)18-11-5-2-3-6-11)22(20,21)9-12-13(16)7-4-8-14(12)17/h4,7-8,10-11H,2-3,5-6,9H2,1H3,(H,18,19)/t10-/m1/s1. The van der Waals surface area contributed by atoms with Gasteiger partial charge in [-0.1, -0.05) is 30.5 Å². The molecule has 7 heteroatoms. The Hall–Kier alpha value is -1.14. The molecule has 1 saturated carbocycles. The molecule has 1 aliphatic rings. The van der Waals surface area contributed by atoms with Crippen LogP contribution in [-0.4, -0.2) is 25.6 Å². The lowest BCUT2D eigenvalue weighted by Gasteiger charge is -2.17. The summed E-state index contributed by atoms with van der Waals surface area (Å²) in [6.07, 6.45) is 3.82. The Bertz CT molecular complexity index is 637. The molecular weight excluding hydrogens is 329 g/mol. The van der Waals surface area contributed by atoms with Crippen LogP contribution in [0.2, 0.25) is 5.02 Å². The fourth-order valence-electron chi connectivity index (χ4n) is 2.55. The zero-order chi connectivity index (χ0) is 16.3. The van der Waals surface area contributed by atoms with Gasteiger partial charge in [0.25, 0.3) is 0 Å². The first-order valence-electron chi connectivity index (χ1n) is 7.26.